The first-order valence-corrected chi connectivity index (χ1v) is 3.58. The van der Waals surface area contributed by atoms with E-state index < -0.39 is 0 Å². The van der Waals surface area contributed by atoms with Gasteiger partial charge in [0.1, 0.15) is 5.76 Å². The molecule has 0 bridgehead atoms. The number of rotatable bonds is 2. The molecule has 1 heterocycles. The molecule has 11 heavy (non-hydrogen) atoms. The third kappa shape index (κ3) is 1.31. The Morgan fingerprint density at radius 2 is 2.18 bits per heavy atom. The van der Waals surface area contributed by atoms with E-state index in [2.05, 4.69) is 5.16 Å². The molecule has 0 aliphatic rings. The van der Waals surface area contributed by atoms with Gasteiger partial charge in [0.05, 0.1) is 11.3 Å². The average Bonchev–Trinajstić information content (AvgIpc) is 2.30. The van der Waals surface area contributed by atoms with Gasteiger partial charge in [0.15, 0.2) is 6.29 Å². The zero-order valence-corrected chi connectivity index (χ0v) is 6.92. The molecule has 0 radical (unpaired) electrons. The second-order valence-electron chi connectivity index (χ2n) is 2.81. The lowest BCUT2D eigenvalue weighted by atomic mass is 10.1. The number of carbonyl (C=O) groups excluding carboxylic acids is 1. The van der Waals surface area contributed by atoms with Crippen LogP contribution in [-0.2, 0) is 0 Å². The molecule has 0 N–H and O–H groups in total. The van der Waals surface area contributed by atoms with E-state index in [9.17, 15) is 4.79 Å². The van der Waals surface area contributed by atoms with Crippen molar-refractivity contribution >= 4 is 6.29 Å². The number of aromatic nitrogens is 1. The van der Waals surface area contributed by atoms with Crippen molar-refractivity contribution in [3.63, 3.8) is 0 Å². The van der Waals surface area contributed by atoms with Crippen LogP contribution in [0.5, 0.6) is 0 Å². The van der Waals surface area contributed by atoms with Crippen LogP contribution < -0.4 is 0 Å². The molecule has 1 rings (SSSR count). The molecule has 1 aromatic rings. The Bertz CT molecular complexity index is 263. The van der Waals surface area contributed by atoms with Crippen LogP contribution in [0.2, 0.25) is 0 Å². The first kappa shape index (κ1) is 7.98. The predicted octanol–water partition coefficient (Wildman–Crippen LogP) is 1.92. The Hall–Kier alpha value is -1.12. The second kappa shape index (κ2) is 2.86. The van der Waals surface area contributed by atoms with Crippen LogP contribution >= 0.6 is 0 Å². The summed E-state index contributed by atoms with van der Waals surface area (Å²) in [5.41, 5.74) is 1.34. The van der Waals surface area contributed by atoms with Crippen LogP contribution in [0.25, 0.3) is 0 Å². The smallest absolute Gasteiger partial charge is 0.155 e. The van der Waals surface area contributed by atoms with Gasteiger partial charge < -0.3 is 4.52 Å². The summed E-state index contributed by atoms with van der Waals surface area (Å²) < 4.78 is 4.87. The van der Waals surface area contributed by atoms with Gasteiger partial charge in [-0.3, -0.25) is 4.79 Å². The number of carbonyl (C=O) groups is 1. The zero-order valence-electron chi connectivity index (χ0n) is 6.92. The highest BCUT2D eigenvalue weighted by atomic mass is 16.5. The zero-order chi connectivity index (χ0) is 8.43. The molecule has 60 valence electrons. The fourth-order valence-electron chi connectivity index (χ4n) is 0.956. The molecule has 0 unspecified atom stereocenters. The molecule has 0 fully saturated rings. The van der Waals surface area contributed by atoms with E-state index in [0.29, 0.717) is 11.3 Å². The van der Waals surface area contributed by atoms with Crippen molar-refractivity contribution in [3.05, 3.63) is 17.0 Å². The molecule has 0 spiro atoms. The number of aryl methyl sites for hydroxylation is 1. The summed E-state index contributed by atoms with van der Waals surface area (Å²) in [5.74, 6) is 0.844. The third-order valence-corrected chi connectivity index (χ3v) is 1.60. The first-order chi connectivity index (χ1) is 5.16. The minimum Gasteiger partial charge on any atom is -0.361 e. The molecule has 0 aromatic carbocycles. The van der Waals surface area contributed by atoms with Crippen LogP contribution in [0, 0.1) is 6.92 Å². The lowest BCUT2D eigenvalue weighted by Crippen LogP contribution is -1.93. The predicted molar refractivity (Wildman–Crippen MR) is 40.7 cm³/mol. The lowest BCUT2D eigenvalue weighted by Gasteiger charge is -1.96. The number of nitrogens with zero attached hydrogens (tertiary/aromatic N) is 1. The van der Waals surface area contributed by atoms with Gasteiger partial charge in [-0.15, -0.1) is 0 Å². The molecule has 3 nitrogen and oxygen atoms in total. The third-order valence-electron chi connectivity index (χ3n) is 1.60. The SMILES string of the molecule is Cc1onc(C(C)C)c1C=O. The van der Waals surface area contributed by atoms with E-state index in [1.54, 1.807) is 6.92 Å². The fraction of sp³-hybridized carbons (Fsp3) is 0.500. The monoisotopic (exact) mass is 153 g/mol. The molecule has 0 aliphatic carbocycles. The largest absolute Gasteiger partial charge is 0.361 e. The summed E-state index contributed by atoms with van der Waals surface area (Å²) in [7, 11) is 0. The summed E-state index contributed by atoms with van der Waals surface area (Å²) in [6.45, 7) is 5.69. The van der Waals surface area contributed by atoms with Gasteiger partial charge in [-0.05, 0) is 12.8 Å². The van der Waals surface area contributed by atoms with Crippen molar-refractivity contribution in [2.24, 2.45) is 0 Å². The number of aldehydes is 1. The Kier molecular flexibility index (Phi) is 2.08. The quantitative estimate of drug-likeness (QED) is 0.609. The van der Waals surface area contributed by atoms with Crippen LogP contribution in [0.3, 0.4) is 0 Å². The van der Waals surface area contributed by atoms with E-state index in [-0.39, 0.29) is 5.92 Å². The lowest BCUT2D eigenvalue weighted by molar-refractivity contribution is 0.112. The van der Waals surface area contributed by atoms with Crippen molar-refractivity contribution < 1.29 is 9.32 Å². The summed E-state index contributed by atoms with van der Waals surface area (Å²) in [6, 6.07) is 0. The number of hydrogen-bond donors (Lipinski definition) is 0. The minimum atomic E-state index is 0.243. The van der Waals surface area contributed by atoms with E-state index in [1.165, 1.54) is 0 Å². The van der Waals surface area contributed by atoms with Gasteiger partial charge in [-0.2, -0.15) is 0 Å². The highest BCUT2D eigenvalue weighted by Gasteiger charge is 2.13. The van der Waals surface area contributed by atoms with E-state index in [1.807, 2.05) is 13.8 Å². The molecule has 0 aliphatic heterocycles. The Balaban J connectivity index is 3.15. The summed E-state index contributed by atoms with van der Waals surface area (Å²) in [5, 5.41) is 3.78. The van der Waals surface area contributed by atoms with Crippen LogP contribution in [0.15, 0.2) is 4.52 Å². The van der Waals surface area contributed by atoms with Crippen molar-refractivity contribution in [1.29, 1.82) is 0 Å². The highest BCUT2D eigenvalue weighted by molar-refractivity contribution is 5.77. The Morgan fingerprint density at radius 1 is 1.55 bits per heavy atom. The second-order valence-corrected chi connectivity index (χ2v) is 2.81. The minimum absolute atomic E-state index is 0.243. The number of hydrogen-bond acceptors (Lipinski definition) is 3. The van der Waals surface area contributed by atoms with Crippen molar-refractivity contribution in [2.75, 3.05) is 0 Å². The molecular weight excluding hydrogens is 142 g/mol. The molecule has 0 atom stereocenters. The Morgan fingerprint density at radius 3 is 2.55 bits per heavy atom. The highest BCUT2D eigenvalue weighted by Crippen LogP contribution is 2.18. The van der Waals surface area contributed by atoms with Gasteiger partial charge in [0.2, 0.25) is 0 Å². The Labute approximate surface area is 65.4 Å². The van der Waals surface area contributed by atoms with Crippen molar-refractivity contribution in [1.82, 2.24) is 5.16 Å². The van der Waals surface area contributed by atoms with Crippen LogP contribution in [0.1, 0.15) is 41.6 Å². The molecule has 0 amide bonds. The fourth-order valence-corrected chi connectivity index (χ4v) is 0.956. The molecule has 0 saturated carbocycles. The van der Waals surface area contributed by atoms with Gasteiger partial charge in [-0.1, -0.05) is 19.0 Å². The first-order valence-electron chi connectivity index (χ1n) is 3.58. The van der Waals surface area contributed by atoms with E-state index >= 15 is 0 Å². The van der Waals surface area contributed by atoms with Crippen molar-refractivity contribution in [2.45, 2.75) is 26.7 Å². The average molecular weight is 153 g/mol. The topological polar surface area (TPSA) is 43.1 Å². The van der Waals surface area contributed by atoms with E-state index in [4.69, 9.17) is 4.52 Å². The summed E-state index contributed by atoms with van der Waals surface area (Å²) >= 11 is 0. The molecule has 1 aromatic heterocycles. The van der Waals surface area contributed by atoms with Gasteiger partial charge >= 0.3 is 0 Å². The molecular formula is C8H11NO2. The maximum Gasteiger partial charge on any atom is 0.155 e. The molecule has 3 heteroatoms. The summed E-state index contributed by atoms with van der Waals surface area (Å²) in [4.78, 5) is 10.5. The normalized spacial score (nSPS) is 10.5. The van der Waals surface area contributed by atoms with Gasteiger partial charge in [-0.25, -0.2) is 0 Å². The summed E-state index contributed by atoms with van der Waals surface area (Å²) in [6.07, 6.45) is 0.793. The van der Waals surface area contributed by atoms with Crippen molar-refractivity contribution in [3.8, 4) is 0 Å². The van der Waals surface area contributed by atoms with Crippen LogP contribution in [0.4, 0.5) is 0 Å². The van der Waals surface area contributed by atoms with Crippen LogP contribution in [-0.4, -0.2) is 11.4 Å². The van der Waals surface area contributed by atoms with Gasteiger partial charge in [0.25, 0.3) is 0 Å². The molecule has 0 saturated heterocycles. The standard InChI is InChI=1S/C8H11NO2/c1-5(2)8-7(4-10)6(3)11-9-8/h4-5H,1-3H3. The maximum absolute atomic E-state index is 10.5. The van der Waals surface area contributed by atoms with Gasteiger partial charge in [0, 0.05) is 0 Å². The maximum atomic E-state index is 10.5. The van der Waals surface area contributed by atoms with E-state index in [0.717, 1.165) is 12.0 Å².